The van der Waals surface area contributed by atoms with Crippen LogP contribution in [0.3, 0.4) is 0 Å². The Morgan fingerprint density at radius 2 is 1.92 bits per heavy atom. The van der Waals surface area contributed by atoms with Crippen LogP contribution in [0, 0.1) is 0 Å². The summed E-state index contributed by atoms with van der Waals surface area (Å²) in [6.45, 7) is 5.80. The van der Waals surface area contributed by atoms with Crippen molar-refractivity contribution in [3.8, 4) is 5.75 Å². The molecule has 3 rings (SSSR count). The third-order valence-electron chi connectivity index (χ3n) is 4.44. The number of primary amides is 1. The minimum Gasteiger partial charge on any atom is -0.484 e. The van der Waals surface area contributed by atoms with E-state index in [4.69, 9.17) is 10.5 Å². The van der Waals surface area contributed by atoms with Crippen LogP contribution in [-0.2, 0) is 24.9 Å². The van der Waals surface area contributed by atoms with Gasteiger partial charge in [-0.25, -0.2) is 4.98 Å². The van der Waals surface area contributed by atoms with Crippen LogP contribution in [0.2, 0.25) is 0 Å². The lowest BCUT2D eigenvalue weighted by Gasteiger charge is -2.34. The molecule has 134 valence electrons. The molecule has 2 heterocycles. The van der Waals surface area contributed by atoms with Gasteiger partial charge in [0.1, 0.15) is 11.6 Å². The number of ether oxygens (including phenoxy) is 1. The lowest BCUT2D eigenvalue weighted by atomic mass is 10.2. The first-order valence-corrected chi connectivity index (χ1v) is 8.51. The fourth-order valence-electron chi connectivity index (χ4n) is 3.00. The van der Waals surface area contributed by atoms with Crippen molar-refractivity contribution in [1.82, 2.24) is 19.4 Å². The van der Waals surface area contributed by atoms with Crippen molar-refractivity contribution in [3.05, 3.63) is 48.0 Å². The highest BCUT2D eigenvalue weighted by molar-refractivity contribution is 5.75. The summed E-state index contributed by atoms with van der Waals surface area (Å²) in [5.74, 6) is 1.33. The first-order chi connectivity index (χ1) is 12.1. The Bertz CT molecular complexity index is 707. The maximum atomic E-state index is 10.8. The first-order valence-electron chi connectivity index (χ1n) is 8.51. The molecule has 7 nitrogen and oxygen atoms in total. The summed E-state index contributed by atoms with van der Waals surface area (Å²) >= 11 is 0. The molecular weight excluding hydrogens is 318 g/mol. The smallest absolute Gasteiger partial charge is 0.255 e. The molecule has 1 saturated heterocycles. The Kier molecular flexibility index (Phi) is 5.67. The van der Waals surface area contributed by atoms with E-state index in [0.29, 0.717) is 5.75 Å². The number of carbonyl (C=O) groups excluding carboxylic acids is 1. The summed E-state index contributed by atoms with van der Waals surface area (Å²) in [4.78, 5) is 20.1. The molecule has 0 unspecified atom stereocenters. The van der Waals surface area contributed by atoms with Gasteiger partial charge in [0.05, 0.1) is 6.54 Å². The molecule has 0 aliphatic carbocycles. The van der Waals surface area contributed by atoms with E-state index in [9.17, 15) is 4.79 Å². The molecule has 0 atom stereocenters. The SMILES string of the molecule is Cn1ccnc1CN1CCN(Cc2cccc(OCC(N)=O)c2)CC1. The van der Waals surface area contributed by atoms with Gasteiger partial charge in [0, 0.05) is 52.2 Å². The van der Waals surface area contributed by atoms with E-state index in [0.717, 1.165) is 45.1 Å². The first kappa shape index (κ1) is 17.4. The minimum atomic E-state index is -0.464. The van der Waals surface area contributed by atoms with Crippen molar-refractivity contribution in [2.24, 2.45) is 12.8 Å². The number of benzene rings is 1. The molecule has 0 saturated carbocycles. The number of hydrogen-bond donors (Lipinski definition) is 1. The van der Waals surface area contributed by atoms with Gasteiger partial charge in [0.15, 0.2) is 6.61 Å². The van der Waals surface area contributed by atoms with Crippen LogP contribution >= 0.6 is 0 Å². The number of hydrogen-bond acceptors (Lipinski definition) is 5. The lowest BCUT2D eigenvalue weighted by molar-refractivity contribution is -0.119. The van der Waals surface area contributed by atoms with Gasteiger partial charge < -0.3 is 15.0 Å². The van der Waals surface area contributed by atoms with Crippen LogP contribution < -0.4 is 10.5 Å². The summed E-state index contributed by atoms with van der Waals surface area (Å²) in [7, 11) is 2.03. The summed E-state index contributed by atoms with van der Waals surface area (Å²) in [5, 5.41) is 0. The Labute approximate surface area is 148 Å². The van der Waals surface area contributed by atoms with E-state index in [1.165, 1.54) is 5.56 Å². The molecule has 0 radical (unpaired) electrons. The van der Waals surface area contributed by atoms with E-state index in [1.54, 1.807) is 0 Å². The zero-order valence-corrected chi connectivity index (χ0v) is 14.6. The van der Waals surface area contributed by atoms with Gasteiger partial charge in [-0.1, -0.05) is 12.1 Å². The second kappa shape index (κ2) is 8.13. The Morgan fingerprint density at radius 1 is 1.20 bits per heavy atom. The number of nitrogens with zero attached hydrogens (tertiary/aromatic N) is 4. The van der Waals surface area contributed by atoms with E-state index in [-0.39, 0.29) is 6.61 Å². The molecule has 2 aromatic rings. The molecule has 1 aromatic heterocycles. The zero-order chi connectivity index (χ0) is 17.6. The zero-order valence-electron chi connectivity index (χ0n) is 14.6. The summed E-state index contributed by atoms with van der Waals surface area (Å²) in [6.07, 6.45) is 3.83. The predicted octanol–water partition coefficient (Wildman–Crippen LogP) is 0.602. The highest BCUT2D eigenvalue weighted by Gasteiger charge is 2.18. The average molecular weight is 343 g/mol. The van der Waals surface area contributed by atoms with Crippen molar-refractivity contribution < 1.29 is 9.53 Å². The highest BCUT2D eigenvalue weighted by atomic mass is 16.5. The topological polar surface area (TPSA) is 76.6 Å². The minimum absolute atomic E-state index is 0.0880. The van der Waals surface area contributed by atoms with Crippen molar-refractivity contribution >= 4 is 5.91 Å². The molecule has 2 N–H and O–H groups in total. The Hall–Kier alpha value is -2.38. The number of rotatable bonds is 7. The van der Waals surface area contributed by atoms with Gasteiger partial charge in [0.25, 0.3) is 5.91 Å². The van der Waals surface area contributed by atoms with Crippen molar-refractivity contribution in [3.63, 3.8) is 0 Å². The van der Waals surface area contributed by atoms with Gasteiger partial charge in [-0.2, -0.15) is 0 Å². The molecule has 1 fully saturated rings. The molecule has 0 spiro atoms. The number of aromatic nitrogens is 2. The van der Waals surface area contributed by atoms with Crippen LogP contribution in [0.1, 0.15) is 11.4 Å². The van der Waals surface area contributed by atoms with Crippen LogP contribution in [0.15, 0.2) is 36.7 Å². The number of amides is 1. The summed E-state index contributed by atoms with van der Waals surface area (Å²) in [6, 6.07) is 7.85. The number of piperazine rings is 1. The second-order valence-corrected chi connectivity index (χ2v) is 6.41. The fraction of sp³-hybridized carbons (Fsp3) is 0.444. The molecular formula is C18H25N5O2. The molecule has 1 aliphatic heterocycles. The van der Waals surface area contributed by atoms with E-state index < -0.39 is 5.91 Å². The predicted molar refractivity (Wildman–Crippen MR) is 94.9 cm³/mol. The Balaban J connectivity index is 1.48. The largest absolute Gasteiger partial charge is 0.484 e. The van der Waals surface area contributed by atoms with Crippen molar-refractivity contribution in [2.75, 3.05) is 32.8 Å². The van der Waals surface area contributed by atoms with E-state index in [2.05, 4.69) is 25.4 Å². The third kappa shape index (κ3) is 5.04. The highest BCUT2D eigenvalue weighted by Crippen LogP contribution is 2.16. The van der Waals surface area contributed by atoms with Gasteiger partial charge >= 0.3 is 0 Å². The van der Waals surface area contributed by atoms with Crippen LogP contribution in [-0.4, -0.2) is 58.0 Å². The molecule has 1 aliphatic rings. The van der Waals surface area contributed by atoms with Gasteiger partial charge in [-0.05, 0) is 17.7 Å². The van der Waals surface area contributed by atoms with Crippen molar-refractivity contribution in [1.29, 1.82) is 0 Å². The normalized spacial score (nSPS) is 16.0. The lowest BCUT2D eigenvalue weighted by Crippen LogP contribution is -2.45. The Morgan fingerprint density at radius 3 is 2.56 bits per heavy atom. The second-order valence-electron chi connectivity index (χ2n) is 6.41. The van der Waals surface area contributed by atoms with E-state index >= 15 is 0 Å². The maximum Gasteiger partial charge on any atom is 0.255 e. The fourth-order valence-corrected chi connectivity index (χ4v) is 3.00. The number of aryl methyl sites for hydroxylation is 1. The van der Waals surface area contributed by atoms with Crippen molar-refractivity contribution in [2.45, 2.75) is 13.1 Å². The van der Waals surface area contributed by atoms with Gasteiger partial charge in [0.2, 0.25) is 0 Å². The molecule has 1 aromatic carbocycles. The van der Waals surface area contributed by atoms with E-state index in [1.807, 2.05) is 37.6 Å². The standard InChI is InChI=1S/C18H25N5O2/c1-21-6-5-20-18(21)13-23-9-7-22(8-10-23)12-15-3-2-4-16(11-15)25-14-17(19)24/h2-6,11H,7-10,12-14H2,1H3,(H2,19,24). The molecule has 1 amide bonds. The monoisotopic (exact) mass is 343 g/mol. The number of nitrogens with two attached hydrogens (primary N) is 1. The molecule has 7 heteroatoms. The molecule has 0 bridgehead atoms. The maximum absolute atomic E-state index is 10.8. The van der Waals surface area contributed by atoms with Crippen LogP contribution in [0.4, 0.5) is 0 Å². The molecule has 25 heavy (non-hydrogen) atoms. The number of carbonyl (C=O) groups is 1. The van der Waals surface area contributed by atoms with Crippen LogP contribution in [0.5, 0.6) is 5.75 Å². The quantitative estimate of drug-likeness (QED) is 0.797. The van der Waals surface area contributed by atoms with Gasteiger partial charge in [-0.15, -0.1) is 0 Å². The van der Waals surface area contributed by atoms with Crippen LogP contribution in [0.25, 0.3) is 0 Å². The summed E-state index contributed by atoms with van der Waals surface area (Å²) < 4.78 is 7.45. The van der Waals surface area contributed by atoms with Gasteiger partial charge in [-0.3, -0.25) is 14.6 Å². The third-order valence-corrected chi connectivity index (χ3v) is 4.44. The number of imidazole rings is 1. The summed E-state index contributed by atoms with van der Waals surface area (Å²) in [5.41, 5.74) is 6.30. The average Bonchev–Trinajstić information content (AvgIpc) is 3.00.